The van der Waals surface area contributed by atoms with Gasteiger partial charge in [-0.1, -0.05) is 41.6 Å². The molecule has 30 heavy (non-hydrogen) atoms. The third-order valence-corrected chi connectivity index (χ3v) is 5.13. The van der Waals surface area contributed by atoms with Crippen molar-refractivity contribution in [3.8, 4) is 5.69 Å². The molecule has 3 rings (SSSR count). The van der Waals surface area contributed by atoms with E-state index in [2.05, 4.69) is 15.5 Å². The Hall–Kier alpha value is -2.56. The first-order valence-electron chi connectivity index (χ1n) is 8.57. The normalized spacial score (nSPS) is 11.5. The molecule has 0 saturated carbocycles. The van der Waals surface area contributed by atoms with E-state index in [-0.39, 0.29) is 18.0 Å². The maximum Gasteiger partial charge on any atom is 0.417 e. The topological polar surface area (TPSA) is 69.0 Å². The summed E-state index contributed by atoms with van der Waals surface area (Å²) in [5, 5.41) is 10.6. The van der Waals surface area contributed by atoms with Gasteiger partial charge in [-0.05, 0) is 30.3 Å². The average Bonchev–Trinajstić information content (AvgIpc) is 3.10. The van der Waals surface area contributed by atoms with Crippen LogP contribution in [0.1, 0.15) is 11.4 Å². The first-order valence-corrected chi connectivity index (χ1v) is 9.94. The van der Waals surface area contributed by atoms with Crippen LogP contribution in [-0.4, -0.2) is 33.5 Å². The van der Waals surface area contributed by atoms with Crippen LogP contribution in [0.4, 0.5) is 18.9 Å². The minimum absolute atomic E-state index is 0.00178. The van der Waals surface area contributed by atoms with Crippen LogP contribution < -0.4 is 5.32 Å². The van der Waals surface area contributed by atoms with Gasteiger partial charge >= 0.3 is 6.18 Å². The third kappa shape index (κ3) is 5.32. The lowest BCUT2D eigenvalue weighted by Crippen LogP contribution is -2.16. The van der Waals surface area contributed by atoms with Crippen LogP contribution in [0, 0.1) is 0 Å². The minimum atomic E-state index is -4.61. The molecule has 0 aliphatic heterocycles. The molecule has 0 unspecified atom stereocenters. The first-order chi connectivity index (χ1) is 14.3. The van der Waals surface area contributed by atoms with Crippen LogP contribution >= 0.6 is 23.4 Å². The van der Waals surface area contributed by atoms with E-state index in [9.17, 15) is 18.0 Å². The van der Waals surface area contributed by atoms with Gasteiger partial charge in [-0.3, -0.25) is 9.36 Å². The quantitative estimate of drug-likeness (QED) is 0.516. The Morgan fingerprint density at radius 1 is 1.20 bits per heavy atom. The van der Waals surface area contributed by atoms with Crippen LogP contribution in [0.2, 0.25) is 5.02 Å². The summed E-state index contributed by atoms with van der Waals surface area (Å²) < 4.78 is 45.8. The summed E-state index contributed by atoms with van der Waals surface area (Å²) >= 11 is 6.70. The first kappa shape index (κ1) is 22.1. The van der Waals surface area contributed by atoms with Crippen LogP contribution in [-0.2, 0) is 22.3 Å². The molecule has 1 aromatic heterocycles. The summed E-state index contributed by atoms with van der Waals surface area (Å²) in [6, 6.07) is 12.5. The maximum absolute atomic E-state index is 13.0. The lowest BCUT2D eigenvalue weighted by atomic mass is 10.2. The van der Waals surface area contributed by atoms with Gasteiger partial charge in [0.1, 0.15) is 6.61 Å². The molecule has 11 heteroatoms. The smallest absolute Gasteiger partial charge is 0.377 e. The van der Waals surface area contributed by atoms with Crippen molar-refractivity contribution in [2.75, 3.05) is 18.2 Å². The molecule has 1 heterocycles. The fraction of sp³-hybridized carbons (Fsp3) is 0.211. The molecule has 0 fully saturated rings. The van der Waals surface area contributed by atoms with E-state index in [0.29, 0.717) is 11.0 Å². The van der Waals surface area contributed by atoms with Crippen molar-refractivity contribution in [1.82, 2.24) is 14.8 Å². The van der Waals surface area contributed by atoms with Crippen molar-refractivity contribution >= 4 is 35.0 Å². The molecule has 3 aromatic rings. The lowest BCUT2D eigenvalue weighted by Gasteiger charge is -2.12. The van der Waals surface area contributed by atoms with Crippen LogP contribution in [0.15, 0.2) is 53.7 Å². The zero-order valence-electron chi connectivity index (χ0n) is 15.6. The van der Waals surface area contributed by atoms with E-state index >= 15 is 0 Å². The van der Waals surface area contributed by atoms with Gasteiger partial charge in [0, 0.05) is 18.5 Å². The number of nitrogens with zero attached hydrogens (tertiary/aromatic N) is 3. The van der Waals surface area contributed by atoms with Crippen LogP contribution in [0.3, 0.4) is 0 Å². The standard InChI is InChI=1S/C19H16ClF3N4O2S/c1-29-10-16-25-26-18(27(16)13-5-3-2-4-6-13)30-11-17(28)24-12-7-8-15(20)14(9-12)19(21,22)23/h2-9H,10-11H2,1H3,(H,24,28). The van der Waals surface area contributed by atoms with Crippen LogP contribution in [0.25, 0.3) is 5.69 Å². The monoisotopic (exact) mass is 456 g/mol. The number of methoxy groups -OCH3 is 1. The maximum atomic E-state index is 13.0. The van der Waals surface area contributed by atoms with E-state index < -0.39 is 22.7 Å². The van der Waals surface area contributed by atoms with Gasteiger partial charge in [0.25, 0.3) is 0 Å². The van der Waals surface area contributed by atoms with Crippen molar-refractivity contribution in [1.29, 1.82) is 0 Å². The second-order valence-corrected chi connectivity index (χ2v) is 7.38. The number of alkyl halides is 3. The Kier molecular flexibility index (Phi) is 7.01. The van der Waals surface area contributed by atoms with E-state index in [1.54, 1.807) is 4.57 Å². The number of anilines is 1. The Bertz CT molecular complexity index is 1030. The number of thioether (sulfide) groups is 1. The number of rotatable bonds is 7. The highest BCUT2D eigenvalue weighted by molar-refractivity contribution is 7.99. The number of aromatic nitrogens is 3. The molecule has 2 aromatic carbocycles. The number of para-hydroxylation sites is 1. The number of hydrogen-bond acceptors (Lipinski definition) is 5. The predicted octanol–water partition coefficient (Wildman–Crippen LogP) is 4.82. The number of ether oxygens (including phenoxy) is 1. The summed E-state index contributed by atoms with van der Waals surface area (Å²) in [5.41, 5.74) is -0.213. The van der Waals surface area contributed by atoms with E-state index in [4.69, 9.17) is 16.3 Å². The molecular formula is C19H16ClF3N4O2S. The number of carbonyl (C=O) groups is 1. The van der Waals surface area contributed by atoms with Gasteiger partial charge in [-0.25, -0.2) is 0 Å². The summed E-state index contributed by atoms with van der Waals surface area (Å²) in [5.74, 6) is -0.0208. The minimum Gasteiger partial charge on any atom is -0.377 e. The summed E-state index contributed by atoms with van der Waals surface area (Å²) in [6.07, 6.45) is -4.61. The predicted molar refractivity (Wildman–Crippen MR) is 108 cm³/mol. The molecule has 1 amide bonds. The van der Waals surface area contributed by atoms with E-state index in [1.807, 2.05) is 30.3 Å². The van der Waals surface area contributed by atoms with Gasteiger partial charge in [0.15, 0.2) is 11.0 Å². The summed E-state index contributed by atoms with van der Waals surface area (Å²) in [4.78, 5) is 12.3. The van der Waals surface area contributed by atoms with Gasteiger partial charge in [-0.15, -0.1) is 10.2 Å². The molecule has 6 nitrogen and oxygen atoms in total. The number of benzene rings is 2. The molecule has 0 saturated heterocycles. The average molecular weight is 457 g/mol. The second kappa shape index (κ2) is 9.50. The Labute approximate surface area is 179 Å². The van der Waals surface area contributed by atoms with Gasteiger partial charge in [-0.2, -0.15) is 13.2 Å². The fourth-order valence-electron chi connectivity index (χ4n) is 2.60. The van der Waals surface area contributed by atoms with Gasteiger partial charge in [0.2, 0.25) is 5.91 Å². The van der Waals surface area contributed by atoms with Gasteiger partial charge < -0.3 is 10.1 Å². The Balaban J connectivity index is 1.73. The SMILES string of the molecule is COCc1nnc(SCC(=O)Nc2ccc(Cl)c(C(F)(F)F)c2)n1-c1ccccc1. The fourth-order valence-corrected chi connectivity index (χ4v) is 3.60. The van der Waals surface area contributed by atoms with E-state index in [1.165, 1.54) is 13.2 Å². The number of nitrogens with one attached hydrogen (secondary N) is 1. The van der Waals surface area contributed by atoms with Crippen molar-refractivity contribution in [2.45, 2.75) is 17.9 Å². The van der Waals surface area contributed by atoms with Crippen molar-refractivity contribution in [2.24, 2.45) is 0 Å². The number of carbonyl (C=O) groups excluding carboxylic acids is 1. The zero-order chi connectivity index (χ0) is 21.7. The molecular weight excluding hydrogens is 441 g/mol. The number of halogens is 4. The van der Waals surface area contributed by atoms with Crippen LogP contribution in [0.5, 0.6) is 0 Å². The van der Waals surface area contributed by atoms with Gasteiger partial charge in [0.05, 0.1) is 16.3 Å². The summed E-state index contributed by atoms with van der Waals surface area (Å²) in [6.45, 7) is 0.222. The molecule has 0 atom stereocenters. The molecule has 0 aliphatic rings. The summed E-state index contributed by atoms with van der Waals surface area (Å²) in [7, 11) is 1.53. The highest BCUT2D eigenvalue weighted by Gasteiger charge is 2.33. The molecule has 0 spiro atoms. The third-order valence-electron chi connectivity index (χ3n) is 3.88. The molecule has 0 aliphatic carbocycles. The lowest BCUT2D eigenvalue weighted by molar-refractivity contribution is -0.137. The zero-order valence-corrected chi connectivity index (χ0v) is 17.2. The van der Waals surface area contributed by atoms with Crippen molar-refractivity contribution in [3.05, 3.63) is 64.9 Å². The number of amides is 1. The van der Waals surface area contributed by atoms with E-state index in [0.717, 1.165) is 29.6 Å². The molecule has 158 valence electrons. The second-order valence-electron chi connectivity index (χ2n) is 6.03. The highest BCUT2D eigenvalue weighted by atomic mass is 35.5. The molecule has 0 bridgehead atoms. The largest absolute Gasteiger partial charge is 0.417 e. The number of hydrogen-bond donors (Lipinski definition) is 1. The molecule has 1 N–H and O–H groups in total. The molecule has 0 radical (unpaired) electrons. The highest BCUT2D eigenvalue weighted by Crippen LogP contribution is 2.36. The van der Waals surface area contributed by atoms with Crippen molar-refractivity contribution in [3.63, 3.8) is 0 Å². The van der Waals surface area contributed by atoms with Crippen molar-refractivity contribution < 1.29 is 22.7 Å². The Morgan fingerprint density at radius 2 is 1.93 bits per heavy atom. The Morgan fingerprint density at radius 3 is 2.60 bits per heavy atom.